The van der Waals surface area contributed by atoms with Crippen LogP contribution in [0.5, 0.6) is 5.88 Å². The standard InChI is InChI=1S/C17H18N4O2S/c1-2-21-16(23)12(15(22)20-17(21)24)14-13-10(7-8-18-14)9-5-3-4-6-11(9)19-13/h3-6,14,18-19,23H,2,7-8H2,1H3,(H,20,22,24). The molecule has 124 valence electrons. The number of fused-ring (bicyclic) bond motifs is 3. The summed E-state index contributed by atoms with van der Waals surface area (Å²) in [6, 6.07) is 7.70. The van der Waals surface area contributed by atoms with Crippen molar-refractivity contribution in [2.45, 2.75) is 25.9 Å². The van der Waals surface area contributed by atoms with Crippen LogP contribution in [0.15, 0.2) is 29.1 Å². The molecule has 24 heavy (non-hydrogen) atoms. The number of hydrogen-bond acceptors (Lipinski definition) is 4. The molecule has 0 aliphatic carbocycles. The molecule has 1 aromatic carbocycles. The number of hydrogen-bond donors (Lipinski definition) is 4. The third-order valence-electron chi connectivity index (χ3n) is 4.67. The molecule has 0 radical (unpaired) electrons. The minimum atomic E-state index is -0.390. The molecule has 7 heteroatoms. The molecule has 0 bridgehead atoms. The number of nitrogens with zero attached hydrogens (tertiary/aromatic N) is 1. The number of aromatic nitrogens is 3. The van der Waals surface area contributed by atoms with Gasteiger partial charge in [-0.05, 0) is 37.2 Å². The van der Waals surface area contributed by atoms with E-state index in [4.69, 9.17) is 12.2 Å². The lowest BCUT2D eigenvalue weighted by molar-refractivity contribution is 0.390. The number of rotatable bonds is 2. The summed E-state index contributed by atoms with van der Waals surface area (Å²) in [6.07, 6.45) is 0.876. The molecule has 2 aromatic heterocycles. The Labute approximate surface area is 143 Å². The van der Waals surface area contributed by atoms with Gasteiger partial charge in [-0.2, -0.15) is 0 Å². The number of H-pyrrole nitrogens is 2. The lowest BCUT2D eigenvalue weighted by Gasteiger charge is -2.25. The van der Waals surface area contributed by atoms with Crippen molar-refractivity contribution in [3.8, 4) is 5.88 Å². The van der Waals surface area contributed by atoms with Crippen molar-refractivity contribution in [3.05, 3.63) is 56.2 Å². The van der Waals surface area contributed by atoms with Crippen LogP contribution in [-0.4, -0.2) is 26.2 Å². The molecule has 6 nitrogen and oxygen atoms in total. The predicted octanol–water partition coefficient (Wildman–Crippen LogP) is 2.35. The van der Waals surface area contributed by atoms with E-state index in [1.54, 1.807) is 0 Å². The van der Waals surface area contributed by atoms with Crippen molar-refractivity contribution in [2.24, 2.45) is 0 Å². The van der Waals surface area contributed by atoms with Gasteiger partial charge < -0.3 is 15.4 Å². The number of aromatic hydroxyl groups is 1. The van der Waals surface area contributed by atoms with Gasteiger partial charge in [0.1, 0.15) is 5.56 Å². The molecule has 1 aliphatic rings. The minimum Gasteiger partial charge on any atom is -0.494 e. The number of para-hydroxylation sites is 1. The van der Waals surface area contributed by atoms with Crippen LogP contribution in [0.4, 0.5) is 0 Å². The van der Waals surface area contributed by atoms with Gasteiger partial charge in [-0.3, -0.25) is 14.3 Å². The Kier molecular flexibility index (Phi) is 3.54. The first-order chi connectivity index (χ1) is 11.6. The maximum atomic E-state index is 12.5. The van der Waals surface area contributed by atoms with Gasteiger partial charge in [-0.15, -0.1) is 0 Å². The molecule has 3 heterocycles. The Morgan fingerprint density at radius 3 is 2.92 bits per heavy atom. The topological polar surface area (TPSA) is 85.8 Å². The normalized spacial score (nSPS) is 17.1. The van der Waals surface area contributed by atoms with Gasteiger partial charge in [0, 0.05) is 29.7 Å². The molecule has 3 aromatic rings. The summed E-state index contributed by atoms with van der Waals surface area (Å²) >= 11 is 5.14. The quantitative estimate of drug-likeness (QED) is 0.539. The highest BCUT2D eigenvalue weighted by molar-refractivity contribution is 7.71. The van der Waals surface area contributed by atoms with Crippen LogP contribution in [0, 0.1) is 4.77 Å². The SMILES string of the molecule is CCn1c(O)c(C2NCCc3c2[nH]c2ccccc32)c(=O)[nH]c1=S. The molecule has 0 amide bonds. The Bertz CT molecular complexity index is 1050. The number of aromatic amines is 2. The van der Waals surface area contributed by atoms with Crippen molar-refractivity contribution in [2.75, 3.05) is 6.54 Å². The molecular formula is C17H18N4O2S. The van der Waals surface area contributed by atoms with Crippen LogP contribution in [0.3, 0.4) is 0 Å². The monoisotopic (exact) mass is 342 g/mol. The molecule has 0 saturated carbocycles. The van der Waals surface area contributed by atoms with Gasteiger partial charge in [-0.25, -0.2) is 0 Å². The lowest BCUT2D eigenvalue weighted by atomic mass is 9.95. The van der Waals surface area contributed by atoms with Crippen LogP contribution < -0.4 is 10.9 Å². The summed E-state index contributed by atoms with van der Waals surface area (Å²) in [7, 11) is 0. The minimum absolute atomic E-state index is 0.0738. The van der Waals surface area contributed by atoms with Crippen LogP contribution in [0.2, 0.25) is 0 Å². The highest BCUT2D eigenvalue weighted by Crippen LogP contribution is 2.34. The van der Waals surface area contributed by atoms with Gasteiger partial charge in [0.15, 0.2) is 4.77 Å². The van der Waals surface area contributed by atoms with Crippen molar-refractivity contribution in [1.82, 2.24) is 19.9 Å². The fourth-order valence-electron chi connectivity index (χ4n) is 3.56. The molecule has 4 N–H and O–H groups in total. The van der Waals surface area contributed by atoms with E-state index in [9.17, 15) is 9.90 Å². The van der Waals surface area contributed by atoms with Gasteiger partial charge in [-0.1, -0.05) is 18.2 Å². The van der Waals surface area contributed by atoms with E-state index in [-0.39, 0.29) is 16.2 Å². The highest BCUT2D eigenvalue weighted by Gasteiger charge is 2.30. The van der Waals surface area contributed by atoms with E-state index in [1.807, 2.05) is 25.1 Å². The van der Waals surface area contributed by atoms with Crippen LogP contribution in [0.25, 0.3) is 10.9 Å². The van der Waals surface area contributed by atoms with E-state index in [1.165, 1.54) is 10.1 Å². The van der Waals surface area contributed by atoms with E-state index < -0.39 is 6.04 Å². The fraction of sp³-hybridized carbons (Fsp3) is 0.294. The van der Waals surface area contributed by atoms with Crippen LogP contribution >= 0.6 is 12.2 Å². The summed E-state index contributed by atoms with van der Waals surface area (Å²) < 4.78 is 1.77. The summed E-state index contributed by atoms with van der Waals surface area (Å²) in [5.74, 6) is -0.0738. The van der Waals surface area contributed by atoms with E-state index in [0.717, 1.165) is 29.6 Å². The molecule has 1 aliphatic heterocycles. The molecular weight excluding hydrogens is 324 g/mol. The maximum absolute atomic E-state index is 12.5. The second-order valence-corrected chi connectivity index (χ2v) is 6.33. The van der Waals surface area contributed by atoms with Crippen molar-refractivity contribution in [3.63, 3.8) is 0 Å². The first-order valence-corrected chi connectivity index (χ1v) is 8.41. The van der Waals surface area contributed by atoms with E-state index >= 15 is 0 Å². The molecule has 0 fully saturated rings. The van der Waals surface area contributed by atoms with E-state index in [2.05, 4.69) is 21.4 Å². The van der Waals surface area contributed by atoms with Crippen LogP contribution in [-0.2, 0) is 13.0 Å². The zero-order chi connectivity index (χ0) is 16.8. The lowest BCUT2D eigenvalue weighted by Crippen LogP contribution is -2.35. The fourth-order valence-corrected chi connectivity index (χ4v) is 3.86. The smallest absolute Gasteiger partial charge is 0.260 e. The first kappa shape index (κ1) is 15.2. The summed E-state index contributed by atoms with van der Waals surface area (Å²) in [6.45, 7) is 3.10. The predicted molar refractivity (Wildman–Crippen MR) is 95.1 cm³/mol. The maximum Gasteiger partial charge on any atom is 0.260 e. The molecule has 0 spiro atoms. The second kappa shape index (κ2) is 5.61. The zero-order valence-corrected chi connectivity index (χ0v) is 14.0. The average molecular weight is 342 g/mol. The van der Waals surface area contributed by atoms with Gasteiger partial charge in [0.25, 0.3) is 5.56 Å². The first-order valence-electron chi connectivity index (χ1n) is 8.00. The largest absolute Gasteiger partial charge is 0.494 e. The number of benzene rings is 1. The number of nitrogens with one attached hydrogen (secondary N) is 3. The second-order valence-electron chi connectivity index (χ2n) is 5.94. The molecule has 4 rings (SSSR count). The summed E-state index contributed by atoms with van der Waals surface area (Å²) in [5.41, 5.74) is 3.11. The Morgan fingerprint density at radius 2 is 2.12 bits per heavy atom. The Hall–Kier alpha value is -2.38. The Morgan fingerprint density at radius 1 is 1.33 bits per heavy atom. The van der Waals surface area contributed by atoms with Gasteiger partial charge >= 0.3 is 0 Å². The van der Waals surface area contributed by atoms with Crippen LogP contribution in [0.1, 0.15) is 29.8 Å². The summed E-state index contributed by atoms with van der Waals surface area (Å²) in [5, 5.41) is 15.1. The average Bonchev–Trinajstić information content (AvgIpc) is 2.94. The van der Waals surface area contributed by atoms with Crippen molar-refractivity contribution < 1.29 is 5.11 Å². The summed E-state index contributed by atoms with van der Waals surface area (Å²) in [4.78, 5) is 18.6. The molecule has 0 saturated heterocycles. The third-order valence-corrected chi connectivity index (χ3v) is 4.99. The Balaban J connectivity index is 1.98. The third kappa shape index (κ3) is 2.12. The zero-order valence-electron chi connectivity index (χ0n) is 13.2. The van der Waals surface area contributed by atoms with Gasteiger partial charge in [0.2, 0.25) is 5.88 Å². The highest BCUT2D eigenvalue weighted by atomic mass is 32.1. The van der Waals surface area contributed by atoms with Crippen molar-refractivity contribution >= 4 is 23.1 Å². The van der Waals surface area contributed by atoms with Gasteiger partial charge in [0.05, 0.1) is 6.04 Å². The molecule has 1 unspecified atom stereocenters. The molecule has 1 atom stereocenters. The van der Waals surface area contributed by atoms with E-state index in [0.29, 0.717) is 12.1 Å². The van der Waals surface area contributed by atoms with Crippen molar-refractivity contribution in [1.29, 1.82) is 0 Å².